The summed E-state index contributed by atoms with van der Waals surface area (Å²) in [6.45, 7) is 7.18. The number of alkyl halides is 1. The van der Waals surface area contributed by atoms with Crippen LogP contribution < -0.4 is 0 Å². The van der Waals surface area contributed by atoms with Crippen LogP contribution in [0, 0.1) is 5.92 Å². The molecule has 0 aromatic rings. The summed E-state index contributed by atoms with van der Waals surface area (Å²) in [6.07, 6.45) is 1.38. The third-order valence-electron chi connectivity index (χ3n) is 2.28. The second-order valence-electron chi connectivity index (χ2n) is 3.37. The highest BCUT2D eigenvalue weighted by Gasteiger charge is 2.24. The first-order chi connectivity index (χ1) is 4.74. The molecule has 0 amide bonds. The van der Waals surface area contributed by atoms with Gasteiger partial charge in [-0.05, 0) is 19.3 Å². The van der Waals surface area contributed by atoms with E-state index in [0.29, 0.717) is 0 Å². The van der Waals surface area contributed by atoms with Gasteiger partial charge in [0.1, 0.15) is 0 Å². The minimum Gasteiger partial charge on any atom is -0.300 e. The Hall–Kier alpha value is 0.440. The molecule has 0 aromatic heterocycles. The standard InChI is InChI=1S/C8H16BrN/c1-7-5-8(2)10(6-7)4-3-9/h7-8H,3-6H2,1-2H3. The second kappa shape index (κ2) is 3.72. The molecular weight excluding hydrogens is 190 g/mol. The van der Waals surface area contributed by atoms with Crippen LogP contribution in [-0.4, -0.2) is 29.4 Å². The monoisotopic (exact) mass is 205 g/mol. The van der Waals surface area contributed by atoms with Gasteiger partial charge < -0.3 is 0 Å². The molecule has 1 fully saturated rings. The fourth-order valence-electron chi connectivity index (χ4n) is 1.81. The fraction of sp³-hybridized carbons (Fsp3) is 1.00. The Kier molecular flexibility index (Phi) is 3.18. The van der Waals surface area contributed by atoms with E-state index in [1.807, 2.05) is 0 Å². The van der Waals surface area contributed by atoms with Crippen LogP contribution in [0.3, 0.4) is 0 Å². The summed E-state index contributed by atoms with van der Waals surface area (Å²) in [7, 11) is 0. The maximum absolute atomic E-state index is 3.47. The van der Waals surface area contributed by atoms with Crippen LogP contribution in [0.15, 0.2) is 0 Å². The molecule has 0 spiro atoms. The molecule has 1 aliphatic heterocycles. The van der Waals surface area contributed by atoms with Gasteiger partial charge in [-0.15, -0.1) is 0 Å². The Bertz CT molecular complexity index is 105. The van der Waals surface area contributed by atoms with Crippen molar-refractivity contribution in [2.45, 2.75) is 26.3 Å². The summed E-state index contributed by atoms with van der Waals surface area (Å²) >= 11 is 3.47. The van der Waals surface area contributed by atoms with E-state index >= 15 is 0 Å². The minimum absolute atomic E-state index is 0.813. The lowest BCUT2D eigenvalue weighted by Crippen LogP contribution is -2.28. The van der Waals surface area contributed by atoms with Crippen molar-refractivity contribution in [3.8, 4) is 0 Å². The topological polar surface area (TPSA) is 3.24 Å². The molecule has 2 atom stereocenters. The number of halogens is 1. The van der Waals surface area contributed by atoms with E-state index in [1.54, 1.807) is 0 Å². The summed E-state index contributed by atoms with van der Waals surface area (Å²) < 4.78 is 0. The zero-order valence-corrected chi connectivity index (χ0v) is 8.39. The quantitative estimate of drug-likeness (QED) is 0.625. The van der Waals surface area contributed by atoms with Gasteiger partial charge in [0.05, 0.1) is 0 Å². The van der Waals surface area contributed by atoms with Crippen LogP contribution in [-0.2, 0) is 0 Å². The lowest BCUT2D eigenvalue weighted by Gasteiger charge is -2.18. The van der Waals surface area contributed by atoms with Gasteiger partial charge in [-0.25, -0.2) is 0 Å². The molecule has 2 heteroatoms. The molecule has 60 valence electrons. The van der Waals surface area contributed by atoms with Crippen LogP contribution in [0.1, 0.15) is 20.3 Å². The first kappa shape index (κ1) is 8.54. The summed E-state index contributed by atoms with van der Waals surface area (Å²) in [5, 5.41) is 1.12. The van der Waals surface area contributed by atoms with Gasteiger partial charge in [-0.1, -0.05) is 22.9 Å². The molecular formula is C8H16BrN. The lowest BCUT2D eigenvalue weighted by atomic mass is 10.1. The highest BCUT2D eigenvalue weighted by atomic mass is 79.9. The van der Waals surface area contributed by atoms with Gasteiger partial charge in [0.2, 0.25) is 0 Å². The predicted molar refractivity (Wildman–Crippen MR) is 48.6 cm³/mol. The molecule has 0 bridgehead atoms. The minimum atomic E-state index is 0.813. The average molecular weight is 206 g/mol. The molecule has 2 unspecified atom stereocenters. The Morgan fingerprint density at radius 1 is 1.50 bits per heavy atom. The largest absolute Gasteiger partial charge is 0.300 e. The first-order valence-electron chi connectivity index (χ1n) is 4.04. The van der Waals surface area contributed by atoms with E-state index in [0.717, 1.165) is 17.3 Å². The molecule has 0 N–H and O–H groups in total. The Balaban J connectivity index is 2.31. The zero-order chi connectivity index (χ0) is 7.56. The van der Waals surface area contributed by atoms with Gasteiger partial charge in [-0.3, -0.25) is 4.90 Å². The maximum atomic E-state index is 3.47. The van der Waals surface area contributed by atoms with Gasteiger partial charge in [0.25, 0.3) is 0 Å². The third-order valence-corrected chi connectivity index (χ3v) is 2.64. The number of rotatable bonds is 2. The van der Waals surface area contributed by atoms with Crippen LogP contribution in [0.5, 0.6) is 0 Å². The normalized spacial score (nSPS) is 35.1. The van der Waals surface area contributed by atoms with E-state index in [1.165, 1.54) is 19.5 Å². The number of nitrogens with zero attached hydrogens (tertiary/aromatic N) is 1. The number of likely N-dealkylation sites (tertiary alicyclic amines) is 1. The van der Waals surface area contributed by atoms with Crippen molar-refractivity contribution in [2.24, 2.45) is 5.92 Å². The van der Waals surface area contributed by atoms with Gasteiger partial charge >= 0.3 is 0 Å². The average Bonchev–Trinajstić information content (AvgIpc) is 2.13. The number of hydrogen-bond acceptors (Lipinski definition) is 1. The first-order valence-corrected chi connectivity index (χ1v) is 5.16. The van der Waals surface area contributed by atoms with Crippen LogP contribution in [0.2, 0.25) is 0 Å². The van der Waals surface area contributed by atoms with E-state index in [2.05, 4.69) is 34.7 Å². The molecule has 10 heavy (non-hydrogen) atoms. The lowest BCUT2D eigenvalue weighted by molar-refractivity contribution is 0.283. The maximum Gasteiger partial charge on any atom is 0.0159 e. The van der Waals surface area contributed by atoms with Gasteiger partial charge in [0, 0.05) is 24.5 Å². The third kappa shape index (κ3) is 1.96. The molecule has 0 radical (unpaired) electrons. The van der Waals surface area contributed by atoms with Crippen molar-refractivity contribution < 1.29 is 0 Å². The van der Waals surface area contributed by atoms with Crippen LogP contribution in [0.25, 0.3) is 0 Å². The van der Waals surface area contributed by atoms with E-state index in [4.69, 9.17) is 0 Å². The smallest absolute Gasteiger partial charge is 0.0159 e. The Morgan fingerprint density at radius 3 is 2.60 bits per heavy atom. The Labute approximate surface area is 71.9 Å². The molecule has 1 rings (SSSR count). The second-order valence-corrected chi connectivity index (χ2v) is 4.17. The van der Waals surface area contributed by atoms with E-state index < -0.39 is 0 Å². The summed E-state index contributed by atoms with van der Waals surface area (Å²) in [5.41, 5.74) is 0. The highest BCUT2D eigenvalue weighted by Crippen LogP contribution is 2.21. The molecule has 1 heterocycles. The van der Waals surface area contributed by atoms with Crippen molar-refractivity contribution in [2.75, 3.05) is 18.4 Å². The summed E-state index contributed by atoms with van der Waals surface area (Å²) in [4.78, 5) is 2.55. The molecule has 0 aromatic carbocycles. The molecule has 0 aliphatic carbocycles. The Morgan fingerprint density at radius 2 is 2.20 bits per heavy atom. The van der Waals surface area contributed by atoms with Crippen molar-refractivity contribution >= 4 is 15.9 Å². The van der Waals surface area contributed by atoms with Crippen molar-refractivity contribution in [1.82, 2.24) is 4.90 Å². The SMILES string of the molecule is CC1CC(C)N(CCBr)C1. The van der Waals surface area contributed by atoms with Crippen molar-refractivity contribution in [3.05, 3.63) is 0 Å². The van der Waals surface area contributed by atoms with Gasteiger partial charge in [0.15, 0.2) is 0 Å². The number of hydrogen-bond donors (Lipinski definition) is 0. The molecule has 1 aliphatic rings. The van der Waals surface area contributed by atoms with E-state index in [-0.39, 0.29) is 0 Å². The molecule has 0 saturated carbocycles. The molecule has 1 nitrogen and oxygen atoms in total. The van der Waals surface area contributed by atoms with Crippen molar-refractivity contribution in [1.29, 1.82) is 0 Å². The summed E-state index contributed by atoms with van der Waals surface area (Å²) in [6, 6.07) is 0.813. The predicted octanol–water partition coefficient (Wildman–Crippen LogP) is 2.11. The fourth-order valence-corrected chi connectivity index (χ4v) is 2.26. The molecule has 1 saturated heterocycles. The van der Waals surface area contributed by atoms with E-state index in [9.17, 15) is 0 Å². The van der Waals surface area contributed by atoms with Crippen LogP contribution >= 0.6 is 15.9 Å². The van der Waals surface area contributed by atoms with Crippen molar-refractivity contribution in [3.63, 3.8) is 0 Å². The van der Waals surface area contributed by atoms with Crippen LogP contribution in [0.4, 0.5) is 0 Å². The van der Waals surface area contributed by atoms with Gasteiger partial charge in [-0.2, -0.15) is 0 Å². The summed E-state index contributed by atoms with van der Waals surface area (Å²) in [5.74, 6) is 0.911. The zero-order valence-electron chi connectivity index (χ0n) is 6.81. The highest BCUT2D eigenvalue weighted by molar-refractivity contribution is 9.09.